The number of hydrogen-bond donors (Lipinski definition) is 2. The fourth-order valence-corrected chi connectivity index (χ4v) is 1.52. The Morgan fingerprint density at radius 2 is 1.58 bits per heavy atom. The fourth-order valence-electron chi connectivity index (χ4n) is 1.52. The Morgan fingerprint density at radius 1 is 1.05 bits per heavy atom. The molecule has 102 valence electrons. The van der Waals surface area contributed by atoms with Crippen molar-refractivity contribution in [2.75, 3.05) is 6.61 Å². The summed E-state index contributed by atoms with van der Waals surface area (Å²) in [7, 11) is 0. The van der Waals surface area contributed by atoms with E-state index in [1.165, 1.54) is 0 Å². The summed E-state index contributed by atoms with van der Waals surface area (Å²) in [5, 5.41) is 21.9. The number of nitrogens with zero attached hydrogens (tertiary/aromatic N) is 1. The zero-order valence-electron chi connectivity index (χ0n) is 10.5. The van der Waals surface area contributed by atoms with Crippen molar-refractivity contribution in [3.63, 3.8) is 0 Å². The van der Waals surface area contributed by atoms with Crippen LogP contribution in [0, 0.1) is 0 Å². The minimum absolute atomic E-state index is 0.193. The van der Waals surface area contributed by atoms with Crippen LogP contribution < -0.4 is 0 Å². The van der Waals surface area contributed by atoms with E-state index in [4.69, 9.17) is 23.9 Å². The Morgan fingerprint density at radius 3 is 1.95 bits per heavy atom. The average molecular weight is 265 g/mol. The van der Waals surface area contributed by atoms with E-state index in [0.29, 0.717) is 35.4 Å². The van der Waals surface area contributed by atoms with Crippen molar-refractivity contribution >= 4 is 5.71 Å². The number of aliphatic hydroxyl groups excluding tert-OH is 2. The summed E-state index contributed by atoms with van der Waals surface area (Å²) in [6, 6.07) is 6.63. The van der Waals surface area contributed by atoms with Gasteiger partial charge < -0.3 is 23.9 Å². The molecule has 19 heavy (non-hydrogen) atoms. The van der Waals surface area contributed by atoms with Gasteiger partial charge >= 0.3 is 0 Å². The van der Waals surface area contributed by atoms with Crippen molar-refractivity contribution in [2.45, 2.75) is 20.1 Å². The standard InChI is InChI=1S/C13H15NO5/c1-2-17-14-13(11-5-3-9(7-15)18-11)12-6-4-10(8-16)19-12/h3-6,15-16H,2,7-8H2,1H3. The van der Waals surface area contributed by atoms with Crippen molar-refractivity contribution in [2.24, 2.45) is 5.16 Å². The van der Waals surface area contributed by atoms with Crippen LogP contribution in [-0.4, -0.2) is 22.5 Å². The van der Waals surface area contributed by atoms with Gasteiger partial charge in [-0.2, -0.15) is 0 Å². The summed E-state index contributed by atoms with van der Waals surface area (Å²) in [4.78, 5) is 5.03. The van der Waals surface area contributed by atoms with Crippen LogP contribution in [0.15, 0.2) is 38.3 Å². The molecule has 6 heteroatoms. The van der Waals surface area contributed by atoms with Gasteiger partial charge in [-0.05, 0) is 31.2 Å². The molecule has 2 N–H and O–H groups in total. The van der Waals surface area contributed by atoms with Crippen molar-refractivity contribution in [3.8, 4) is 0 Å². The van der Waals surface area contributed by atoms with Gasteiger partial charge in [-0.25, -0.2) is 0 Å². The first-order valence-electron chi connectivity index (χ1n) is 5.88. The second kappa shape index (κ2) is 6.21. The first kappa shape index (κ1) is 13.4. The third-order valence-electron chi connectivity index (χ3n) is 2.39. The summed E-state index contributed by atoms with van der Waals surface area (Å²) >= 11 is 0. The maximum Gasteiger partial charge on any atom is 0.187 e. The Bertz CT molecular complexity index is 511. The largest absolute Gasteiger partial charge is 0.457 e. The molecule has 0 unspecified atom stereocenters. The lowest BCUT2D eigenvalue weighted by Gasteiger charge is -2.00. The molecule has 0 atom stereocenters. The molecule has 2 heterocycles. The Hall–Kier alpha value is -2.05. The predicted molar refractivity (Wildman–Crippen MR) is 66.5 cm³/mol. The second-order valence-corrected chi connectivity index (χ2v) is 3.71. The van der Waals surface area contributed by atoms with E-state index in [1.54, 1.807) is 24.3 Å². The highest BCUT2D eigenvalue weighted by molar-refractivity contribution is 6.09. The maximum atomic E-state index is 9.00. The lowest BCUT2D eigenvalue weighted by atomic mass is 10.2. The summed E-state index contributed by atoms with van der Waals surface area (Å²) in [5.74, 6) is 1.70. The minimum Gasteiger partial charge on any atom is -0.457 e. The van der Waals surface area contributed by atoms with Crippen LogP contribution in [-0.2, 0) is 18.1 Å². The Kier molecular flexibility index (Phi) is 4.38. The Balaban J connectivity index is 2.35. The van der Waals surface area contributed by atoms with Crippen molar-refractivity contribution in [1.82, 2.24) is 0 Å². The first-order chi connectivity index (χ1) is 9.28. The van der Waals surface area contributed by atoms with Crippen LogP contribution in [0.1, 0.15) is 30.0 Å². The molecule has 0 aliphatic heterocycles. The summed E-state index contributed by atoms with van der Waals surface area (Å²) < 4.78 is 10.8. The van der Waals surface area contributed by atoms with Gasteiger partial charge in [-0.15, -0.1) is 0 Å². The van der Waals surface area contributed by atoms with E-state index in [2.05, 4.69) is 5.16 Å². The highest BCUT2D eigenvalue weighted by atomic mass is 16.6. The van der Waals surface area contributed by atoms with Gasteiger partial charge in [0.1, 0.15) is 31.3 Å². The lowest BCUT2D eigenvalue weighted by molar-refractivity contribution is 0.158. The Labute approximate surface area is 109 Å². The monoisotopic (exact) mass is 265 g/mol. The van der Waals surface area contributed by atoms with Gasteiger partial charge in [0.25, 0.3) is 0 Å². The quantitative estimate of drug-likeness (QED) is 0.612. The van der Waals surface area contributed by atoms with Gasteiger partial charge in [0.05, 0.1) is 0 Å². The topological polar surface area (TPSA) is 88.3 Å². The van der Waals surface area contributed by atoms with E-state index >= 15 is 0 Å². The number of oxime groups is 1. The summed E-state index contributed by atoms with van der Waals surface area (Å²) in [6.45, 7) is 1.83. The molecule has 0 saturated carbocycles. The number of hydrogen-bond acceptors (Lipinski definition) is 6. The van der Waals surface area contributed by atoms with Crippen molar-refractivity contribution in [3.05, 3.63) is 47.3 Å². The van der Waals surface area contributed by atoms with Gasteiger partial charge in [0.15, 0.2) is 17.2 Å². The van der Waals surface area contributed by atoms with Crippen LogP contribution >= 0.6 is 0 Å². The lowest BCUT2D eigenvalue weighted by Crippen LogP contribution is -2.02. The second-order valence-electron chi connectivity index (χ2n) is 3.71. The molecule has 0 aromatic carbocycles. The minimum atomic E-state index is -0.193. The molecule has 6 nitrogen and oxygen atoms in total. The number of aliphatic hydroxyl groups is 2. The van der Waals surface area contributed by atoms with Crippen LogP contribution in [0.5, 0.6) is 0 Å². The van der Waals surface area contributed by atoms with E-state index < -0.39 is 0 Å². The average Bonchev–Trinajstić information content (AvgIpc) is 3.08. The predicted octanol–water partition coefficient (Wildman–Crippen LogP) is 1.65. The molecular formula is C13H15NO5. The molecule has 0 fully saturated rings. The van der Waals surface area contributed by atoms with Gasteiger partial charge in [0, 0.05) is 0 Å². The molecule has 2 aromatic heterocycles. The molecule has 2 aromatic rings. The molecule has 0 spiro atoms. The molecule has 0 radical (unpaired) electrons. The van der Waals surface area contributed by atoms with Crippen LogP contribution in [0.2, 0.25) is 0 Å². The highest BCUT2D eigenvalue weighted by Crippen LogP contribution is 2.17. The van der Waals surface area contributed by atoms with Crippen LogP contribution in [0.4, 0.5) is 0 Å². The van der Waals surface area contributed by atoms with Crippen molar-refractivity contribution < 1.29 is 23.9 Å². The van der Waals surface area contributed by atoms with Gasteiger partial charge in [-0.1, -0.05) is 5.16 Å². The summed E-state index contributed by atoms with van der Waals surface area (Å²) in [6.07, 6.45) is 0. The van der Waals surface area contributed by atoms with Crippen LogP contribution in [0.25, 0.3) is 0 Å². The van der Waals surface area contributed by atoms with Gasteiger partial charge in [0.2, 0.25) is 0 Å². The van der Waals surface area contributed by atoms with E-state index in [-0.39, 0.29) is 13.2 Å². The molecule has 0 saturated heterocycles. The number of furan rings is 2. The third-order valence-corrected chi connectivity index (χ3v) is 2.39. The maximum absolute atomic E-state index is 9.00. The molecule has 0 amide bonds. The fraction of sp³-hybridized carbons (Fsp3) is 0.308. The molecule has 0 aliphatic carbocycles. The van der Waals surface area contributed by atoms with Crippen LogP contribution in [0.3, 0.4) is 0 Å². The molecule has 0 bridgehead atoms. The normalized spacial score (nSPS) is 10.5. The molecule has 2 rings (SSSR count). The van der Waals surface area contributed by atoms with E-state index in [0.717, 1.165) is 0 Å². The first-order valence-corrected chi connectivity index (χ1v) is 5.88. The van der Waals surface area contributed by atoms with E-state index in [9.17, 15) is 0 Å². The third kappa shape index (κ3) is 3.04. The zero-order valence-corrected chi connectivity index (χ0v) is 10.5. The SMILES string of the molecule is CCON=C(c1ccc(CO)o1)c1ccc(CO)o1. The molecular weight excluding hydrogens is 250 g/mol. The van der Waals surface area contributed by atoms with Gasteiger partial charge in [-0.3, -0.25) is 0 Å². The highest BCUT2D eigenvalue weighted by Gasteiger charge is 2.16. The smallest absolute Gasteiger partial charge is 0.187 e. The number of rotatable bonds is 6. The van der Waals surface area contributed by atoms with Crippen molar-refractivity contribution in [1.29, 1.82) is 0 Å². The zero-order chi connectivity index (χ0) is 13.7. The summed E-state index contributed by atoms with van der Waals surface area (Å²) in [5.41, 5.74) is 0.376. The molecule has 0 aliphatic rings. The van der Waals surface area contributed by atoms with E-state index in [1.807, 2.05) is 6.92 Å².